The quantitative estimate of drug-likeness (QED) is 0.164. The molecule has 1 aromatic heterocycles. The second-order valence-corrected chi connectivity index (χ2v) is 14.3. The van der Waals surface area contributed by atoms with Gasteiger partial charge in [-0.05, 0) is 40.8 Å². The highest BCUT2D eigenvalue weighted by Gasteiger charge is 2.28. The molecule has 13 nitrogen and oxygen atoms in total. The van der Waals surface area contributed by atoms with Crippen LogP contribution in [0.25, 0.3) is 10.1 Å². The summed E-state index contributed by atoms with van der Waals surface area (Å²) in [5.74, 6) is -1.82. The second kappa shape index (κ2) is 15.0. The number of amides is 2. The normalized spacial score (nSPS) is 13.9. The van der Waals surface area contributed by atoms with Gasteiger partial charge >= 0.3 is 5.97 Å². The van der Waals surface area contributed by atoms with E-state index >= 15 is 0 Å². The molecule has 0 bridgehead atoms. The number of nitrogens with one attached hydrogen (secondary N) is 1. The molecule has 1 aliphatic heterocycles. The van der Waals surface area contributed by atoms with E-state index in [1.165, 1.54) is 39.4 Å². The van der Waals surface area contributed by atoms with Crippen molar-refractivity contribution in [1.82, 2.24) is 9.62 Å². The maximum absolute atomic E-state index is 12.9. The summed E-state index contributed by atoms with van der Waals surface area (Å²) in [4.78, 5) is 50.8. The predicted molar refractivity (Wildman–Crippen MR) is 174 cm³/mol. The molecule has 0 radical (unpaired) electrons. The fraction of sp³-hybridized carbons (Fsp3) is 0.438. The molecule has 2 aromatic carbocycles. The smallest absolute Gasteiger partial charge is 0.306 e. The molecule has 15 heteroatoms. The number of benzene rings is 2. The predicted octanol–water partition coefficient (Wildman–Crippen LogP) is 4.00. The molecule has 0 saturated carbocycles. The molecule has 1 aliphatic rings. The van der Waals surface area contributed by atoms with E-state index in [1.807, 2.05) is 16.9 Å². The summed E-state index contributed by atoms with van der Waals surface area (Å²) < 4.78 is 48.4. The van der Waals surface area contributed by atoms with Crippen molar-refractivity contribution in [2.75, 3.05) is 33.7 Å². The fourth-order valence-corrected chi connectivity index (χ4v) is 6.56. The SMILES string of the molecule is COc1cc2c(cc1OCCCOc1cc3cc(C(=O)C[C@H](C)C(=O)O)sc3cc1OC)CN(C(=O)C[C@H](C)C(=O)NS(C)(=O)=O)C2. The minimum atomic E-state index is -3.71. The summed E-state index contributed by atoms with van der Waals surface area (Å²) in [5.41, 5.74) is 1.76. The van der Waals surface area contributed by atoms with E-state index in [-0.39, 0.29) is 24.5 Å². The molecule has 0 spiro atoms. The number of thiophene rings is 1. The van der Waals surface area contributed by atoms with E-state index in [1.54, 1.807) is 23.1 Å². The standard InChI is InChI=1S/C32H38N2O11S2/c1-18(31(37)33-47(5,40)41)10-30(36)34-16-21-12-24(42-3)27(13-22(21)17-34)45-8-6-7-44-26-11-20-14-29(23(35)9-19(2)32(38)39)46-28(20)15-25(26)43-4/h11-15,18-19H,6-10,16-17H2,1-5H3,(H,33,37)(H,38,39)/t18-,19-/m0/s1. The van der Waals surface area contributed by atoms with E-state index in [9.17, 15) is 27.6 Å². The molecule has 0 unspecified atom stereocenters. The Balaban J connectivity index is 1.32. The lowest BCUT2D eigenvalue weighted by Crippen LogP contribution is -2.36. The van der Waals surface area contributed by atoms with Crippen LogP contribution in [0.15, 0.2) is 30.3 Å². The van der Waals surface area contributed by atoms with Crippen molar-refractivity contribution in [1.29, 1.82) is 0 Å². The van der Waals surface area contributed by atoms with Gasteiger partial charge in [0, 0.05) is 49.0 Å². The lowest BCUT2D eigenvalue weighted by Gasteiger charge is -2.18. The van der Waals surface area contributed by atoms with Gasteiger partial charge in [0.1, 0.15) is 0 Å². The number of carbonyl (C=O) groups excluding carboxylic acids is 3. The Kier molecular flexibility index (Phi) is 11.3. The largest absolute Gasteiger partial charge is 0.493 e. The van der Waals surface area contributed by atoms with Gasteiger partial charge in [-0.15, -0.1) is 11.3 Å². The van der Waals surface area contributed by atoms with E-state index < -0.39 is 33.7 Å². The summed E-state index contributed by atoms with van der Waals surface area (Å²) in [6.07, 6.45) is 1.18. The molecule has 0 aliphatic carbocycles. The number of sulfonamides is 1. The molecule has 2 atom stereocenters. The number of carbonyl (C=O) groups is 4. The number of Topliss-reactive ketones (excluding diaryl/α,β-unsaturated/α-hetero) is 1. The molecule has 3 aromatic rings. The Hall–Kier alpha value is -4.37. The van der Waals surface area contributed by atoms with Crippen LogP contribution in [0.5, 0.6) is 23.0 Å². The number of hydrogen-bond acceptors (Lipinski definition) is 11. The van der Waals surface area contributed by atoms with Crippen LogP contribution >= 0.6 is 11.3 Å². The minimum absolute atomic E-state index is 0.0810. The van der Waals surface area contributed by atoms with E-state index in [0.717, 1.165) is 27.5 Å². The van der Waals surface area contributed by atoms with Gasteiger partial charge < -0.3 is 29.0 Å². The molecule has 4 rings (SSSR count). The Bertz CT molecular complexity index is 1780. The Morgan fingerprint density at radius 1 is 0.872 bits per heavy atom. The summed E-state index contributed by atoms with van der Waals surface area (Å²) in [7, 11) is -0.665. The molecule has 47 heavy (non-hydrogen) atoms. The maximum atomic E-state index is 12.9. The van der Waals surface area contributed by atoms with Crippen molar-refractivity contribution in [2.45, 2.75) is 46.2 Å². The molecular formula is C32H38N2O11S2. The zero-order chi connectivity index (χ0) is 34.5. The molecule has 254 valence electrons. The van der Waals surface area contributed by atoms with Crippen molar-refractivity contribution in [3.8, 4) is 23.0 Å². The molecular weight excluding hydrogens is 652 g/mol. The van der Waals surface area contributed by atoms with E-state index in [4.69, 9.17) is 24.1 Å². The van der Waals surface area contributed by atoms with Gasteiger partial charge in [-0.2, -0.15) is 0 Å². The van der Waals surface area contributed by atoms with Gasteiger partial charge in [-0.1, -0.05) is 13.8 Å². The van der Waals surface area contributed by atoms with Crippen LogP contribution in [0.2, 0.25) is 0 Å². The highest BCUT2D eigenvalue weighted by Crippen LogP contribution is 2.38. The number of fused-ring (bicyclic) bond motifs is 2. The first-order valence-corrected chi connectivity index (χ1v) is 17.5. The van der Waals surface area contributed by atoms with Gasteiger partial charge in [-0.25, -0.2) is 8.42 Å². The van der Waals surface area contributed by atoms with Crippen molar-refractivity contribution in [3.05, 3.63) is 46.3 Å². The molecule has 0 saturated heterocycles. The maximum Gasteiger partial charge on any atom is 0.306 e. The molecule has 2 N–H and O–H groups in total. The summed E-state index contributed by atoms with van der Waals surface area (Å²) >= 11 is 1.28. The van der Waals surface area contributed by atoms with Crippen LogP contribution in [0.4, 0.5) is 0 Å². The van der Waals surface area contributed by atoms with Gasteiger partial charge in [0.05, 0.1) is 44.5 Å². The van der Waals surface area contributed by atoms with Gasteiger partial charge in [-0.3, -0.25) is 23.9 Å². The first kappa shape index (κ1) is 35.5. The van der Waals surface area contributed by atoms with Crippen molar-refractivity contribution >= 4 is 55.0 Å². The molecule has 0 fully saturated rings. The Morgan fingerprint density at radius 2 is 1.45 bits per heavy atom. The third-order valence-electron chi connectivity index (χ3n) is 7.57. The minimum Gasteiger partial charge on any atom is -0.493 e. The fourth-order valence-electron chi connectivity index (χ4n) is 4.97. The van der Waals surface area contributed by atoms with E-state index in [0.29, 0.717) is 60.6 Å². The average Bonchev–Trinajstić information content (AvgIpc) is 3.62. The number of hydrogen-bond donors (Lipinski definition) is 2. The van der Waals surface area contributed by atoms with Crippen LogP contribution in [-0.2, 0) is 37.5 Å². The third kappa shape index (κ3) is 9.13. The zero-order valence-electron chi connectivity index (χ0n) is 26.8. The molecule has 2 heterocycles. The number of carboxylic acids is 1. The lowest BCUT2D eigenvalue weighted by atomic mass is 10.0. The van der Waals surface area contributed by atoms with Crippen LogP contribution in [0.3, 0.4) is 0 Å². The highest BCUT2D eigenvalue weighted by atomic mass is 32.2. The highest BCUT2D eigenvalue weighted by molar-refractivity contribution is 7.89. The third-order valence-corrected chi connectivity index (χ3v) is 9.28. The number of carboxylic acid groups (broad SMARTS) is 1. The number of nitrogens with zero attached hydrogens (tertiary/aromatic N) is 1. The van der Waals surface area contributed by atoms with Crippen LogP contribution in [-0.4, -0.2) is 75.7 Å². The van der Waals surface area contributed by atoms with Gasteiger partial charge in [0.15, 0.2) is 28.8 Å². The lowest BCUT2D eigenvalue weighted by molar-refractivity contribution is -0.141. The van der Waals surface area contributed by atoms with E-state index in [2.05, 4.69) is 0 Å². The van der Waals surface area contributed by atoms with Gasteiger partial charge in [0.2, 0.25) is 21.8 Å². The Morgan fingerprint density at radius 3 is 2.02 bits per heavy atom. The summed E-state index contributed by atoms with van der Waals surface area (Å²) in [6, 6.07) is 8.95. The van der Waals surface area contributed by atoms with Gasteiger partial charge in [0.25, 0.3) is 0 Å². The number of methoxy groups -OCH3 is 2. The van der Waals surface area contributed by atoms with Crippen molar-refractivity contribution < 1.29 is 51.6 Å². The number of aliphatic carboxylic acids is 1. The van der Waals surface area contributed by atoms with Crippen molar-refractivity contribution in [2.24, 2.45) is 11.8 Å². The summed E-state index contributed by atoms with van der Waals surface area (Å²) in [6.45, 7) is 4.25. The second-order valence-electron chi connectivity index (χ2n) is 11.4. The topological polar surface area (TPSA) is 175 Å². The van der Waals surface area contributed by atoms with Crippen molar-refractivity contribution in [3.63, 3.8) is 0 Å². The Labute approximate surface area is 276 Å². The number of ether oxygens (including phenoxy) is 4. The number of ketones is 1. The zero-order valence-corrected chi connectivity index (χ0v) is 28.4. The average molecular weight is 691 g/mol. The first-order valence-electron chi connectivity index (χ1n) is 14.8. The van der Waals surface area contributed by atoms with Crippen LogP contribution in [0.1, 0.15) is 53.9 Å². The number of rotatable bonds is 16. The molecule has 2 amide bonds. The van der Waals surface area contributed by atoms with Crippen LogP contribution < -0.4 is 23.7 Å². The monoisotopic (exact) mass is 690 g/mol. The summed E-state index contributed by atoms with van der Waals surface area (Å²) in [5, 5.41) is 9.91. The first-order chi connectivity index (χ1) is 22.2. The van der Waals surface area contributed by atoms with Crippen LogP contribution in [0, 0.1) is 11.8 Å².